The van der Waals surface area contributed by atoms with Crippen LogP contribution < -0.4 is 29.6 Å². The van der Waals surface area contributed by atoms with Crippen LogP contribution in [0.15, 0.2) is 23.1 Å². The van der Waals surface area contributed by atoms with Gasteiger partial charge in [0.15, 0.2) is 0 Å². The van der Waals surface area contributed by atoms with E-state index in [0.717, 1.165) is 0 Å². The Bertz CT molecular complexity index is 313. The van der Waals surface area contributed by atoms with Gasteiger partial charge in [0.25, 0.3) is 5.69 Å². The Morgan fingerprint density at radius 1 is 1.58 bits per heavy atom. The van der Waals surface area contributed by atoms with E-state index >= 15 is 0 Å². The Balaban J connectivity index is 0. The molecule has 0 aromatic heterocycles. The maximum Gasteiger partial charge on any atom is 1.00 e. The number of nitrogens with zero attached hydrogens (tertiary/aromatic N) is 1. The van der Waals surface area contributed by atoms with Gasteiger partial charge in [0.05, 0.1) is 9.82 Å². The maximum absolute atomic E-state index is 10.3. The van der Waals surface area contributed by atoms with Crippen LogP contribution in [-0.2, 0) is 0 Å². The predicted octanol–water partition coefficient (Wildman–Crippen LogP) is -0.347. The molecule has 60 valence electrons. The molecule has 6 heteroatoms. The van der Waals surface area contributed by atoms with Crippen LogP contribution in [0.25, 0.3) is 0 Å². The first-order valence-corrected chi connectivity index (χ1v) is 3.56. The first-order valence-electron chi connectivity index (χ1n) is 2.74. The van der Waals surface area contributed by atoms with Crippen LogP contribution in [0.3, 0.4) is 0 Å². The summed E-state index contributed by atoms with van der Waals surface area (Å²) in [5.74, 6) is 0. The van der Waals surface area contributed by atoms with E-state index in [4.69, 9.17) is 11.6 Å². The molecule has 3 nitrogen and oxygen atoms in total. The first kappa shape index (κ1) is 12.3. The van der Waals surface area contributed by atoms with E-state index in [9.17, 15) is 10.1 Å². The molecule has 0 saturated carbocycles. The van der Waals surface area contributed by atoms with Gasteiger partial charge in [-0.1, -0.05) is 11.6 Å². The van der Waals surface area contributed by atoms with Crippen LogP contribution in [0.5, 0.6) is 0 Å². The Morgan fingerprint density at radius 2 is 2.17 bits per heavy atom. The van der Waals surface area contributed by atoms with Gasteiger partial charge in [-0.25, -0.2) is 0 Å². The van der Waals surface area contributed by atoms with Crippen LogP contribution in [0.2, 0.25) is 5.02 Å². The molecular weight excluding hydrogens is 209 g/mol. The smallest absolute Gasteiger partial charge is 1.00 e. The summed E-state index contributed by atoms with van der Waals surface area (Å²) in [6.45, 7) is 0. The summed E-state index contributed by atoms with van der Waals surface area (Å²) in [5, 5.41) is 10.6. The Morgan fingerprint density at radius 3 is 2.58 bits per heavy atom. The van der Waals surface area contributed by atoms with Crippen molar-refractivity contribution in [3.63, 3.8) is 0 Å². The number of thiol groups is 1. The van der Waals surface area contributed by atoms with Crippen molar-refractivity contribution in [2.75, 3.05) is 0 Å². The van der Waals surface area contributed by atoms with E-state index in [0.29, 0.717) is 9.92 Å². The minimum absolute atomic E-state index is 0. The van der Waals surface area contributed by atoms with Crippen molar-refractivity contribution >= 4 is 29.9 Å². The molecule has 1 aromatic rings. The fraction of sp³-hybridized carbons (Fsp3) is 0. The van der Waals surface area contributed by atoms with Gasteiger partial charge >= 0.3 is 29.6 Å². The molecule has 0 amide bonds. The van der Waals surface area contributed by atoms with Crippen molar-refractivity contribution in [2.45, 2.75) is 4.90 Å². The third-order valence-corrected chi connectivity index (χ3v) is 1.75. The second kappa shape index (κ2) is 5.09. The second-order valence-electron chi connectivity index (χ2n) is 1.89. The normalized spacial score (nSPS) is 8.83. The quantitative estimate of drug-likeness (QED) is 0.300. The molecule has 0 fully saturated rings. The molecule has 0 unspecified atom stereocenters. The zero-order valence-electron chi connectivity index (χ0n) is 7.32. The van der Waals surface area contributed by atoms with Gasteiger partial charge in [0.1, 0.15) is 0 Å². The van der Waals surface area contributed by atoms with Gasteiger partial charge in [-0.05, 0) is 12.1 Å². The third-order valence-electron chi connectivity index (χ3n) is 1.13. The molecule has 1 aromatic carbocycles. The molecule has 0 spiro atoms. The molecule has 0 atom stereocenters. The zero-order chi connectivity index (χ0) is 8.43. The van der Waals surface area contributed by atoms with Crippen LogP contribution in [0, 0.1) is 10.1 Å². The van der Waals surface area contributed by atoms with E-state index in [1.165, 1.54) is 12.1 Å². The summed E-state index contributed by atoms with van der Waals surface area (Å²) in [5.41, 5.74) is -0.0687. The third kappa shape index (κ3) is 2.95. The molecule has 0 N–H and O–H groups in total. The summed E-state index contributed by atoms with van der Waals surface area (Å²) in [6, 6.07) is 4.31. The van der Waals surface area contributed by atoms with Gasteiger partial charge in [0.2, 0.25) is 0 Å². The largest absolute Gasteiger partial charge is 1.00 e. The van der Waals surface area contributed by atoms with Crippen molar-refractivity contribution < 1.29 is 35.9 Å². The van der Waals surface area contributed by atoms with E-state index in [2.05, 4.69) is 12.6 Å². The first-order chi connectivity index (χ1) is 5.11. The fourth-order valence-electron chi connectivity index (χ4n) is 0.643. The van der Waals surface area contributed by atoms with Crippen molar-refractivity contribution in [1.82, 2.24) is 0 Å². The van der Waals surface area contributed by atoms with E-state index < -0.39 is 4.92 Å². The number of rotatable bonds is 1. The number of hydrogen-bond acceptors (Lipinski definition) is 3. The molecular formula is C6H5ClNNaO2S. The van der Waals surface area contributed by atoms with Crippen molar-refractivity contribution in [3.8, 4) is 0 Å². The number of hydrogen-bond donors (Lipinski definition) is 1. The van der Waals surface area contributed by atoms with E-state index in [1.54, 1.807) is 6.07 Å². The van der Waals surface area contributed by atoms with Crippen molar-refractivity contribution in [1.29, 1.82) is 0 Å². The number of benzene rings is 1. The summed E-state index contributed by atoms with van der Waals surface area (Å²) < 4.78 is 0. The second-order valence-corrected chi connectivity index (χ2v) is 2.81. The fourth-order valence-corrected chi connectivity index (χ4v) is 1.03. The SMILES string of the molecule is O=[N+]([O-])c1cc(Cl)ccc1S.[H-].[Na+]. The van der Waals surface area contributed by atoms with Gasteiger partial charge in [-0.2, -0.15) is 0 Å². The predicted molar refractivity (Wildman–Crippen MR) is 46.5 cm³/mol. The zero-order valence-corrected chi connectivity index (χ0v) is 9.97. The van der Waals surface area contributed by atoms with Crippen LogP contribution in [-0.4, -0.2) is 4.92 Å². The molecule has 12 heavy (non-hydrogen) atoms. The molecule has 0 radical (unpaired) electrons. The van der Waals surface area contributed by atoms with Crippen LogP contribution in [0.4, 0.5) is 5.69 Å². The molecule has 0 bridgehead atoms. The minimum Gasteiger partial charge on any atom is -1.00 e. The van der Waals surface area contributed by atoms with Crippen molar-refractivity contribution in [2.24, 2.45) is 0 Å². The van der Waals surface area contributed by atoms with E-state index in [-0.39, 0.29) is 36.7 Å². The standard InChI is InChI=1S/C6H4ClNO2S.Na.H/c7-4-1-2-6(11)5(3-4)8(9)10;;/h1-3,11H;;/q;+1;-1. The van der Waals surface area contributed by atoms with Crippen LogP contribution in [0.1, 0.15) is 1.43 Å². The monoisotopic (exact) mass is 213 g/mol. The van der Waals surface area contributed by atoms with Gasteiger partial charge in [0, 0.05) is 11.1 Å². The number of nitro benzene ring substituents is 1. The summed E-state index contributed by atoms with van der Waals surface area (Å²) in [7, 11) is 0. The maximum atomic E-state index is 10.3. The molecule has 1 rings (SSSR count). The molecule has 0 aliphatic carbocycles. The van der Waals surface area contributed by atoms with Gasteiger partial charge in [-0.3, -0.25) is 10.1 Å². The Labute approximate surface area is 103 Å². The molecule has 0 aliphatic heterocycles. The van der Waals surface area contributed by atoms with Crippen molar-refractivity contribution in [3.05, 3.63) is 33.3 Å². The Hall–Kier alpha value is 0.260. The number of nitro groups is 1. The van der Waals surface area contributed by atoms with Gasteiger partial charge in [-0.15, -0.1) is 12.6 Å². The molecule has 0 heterocycles. The van der Waals surface area contributed by atoms with Crippen LogP contribution >= 0.6 is 24.2 Å². The topological polar surface area (TPSA) is 43.1 Å². The average Bonchev–Trinajstić information content (AvgIpc) is 1.94. The summed E-state index contributed by atoms with van der Waals surface area (Å²) >= 11 is 9.41. The average molecular weight is 214 g/mol. The van der Waals surface area contributed by atoms with Gasteiger partial charge < -0.3 is 1.43 Å². The molecule has 0 aliphatic rings. The molecule has 0 saturated heterocycles. The summed E-state index contributed by atoms with van der Waals surface area (Å²) in [6.07, 6.45) is 0. The van der Waals surface area contributed by atoms with E-state index in [1.807, 2.05) is 0 Å². The number of halogens is 1. The minimum atomic E-state index is -0.520. The Kier molecular flexibility index (Phi) is 5.20. The summed E-state index contributed by atoms with van der Waals surface area (Å²) in [4.78, 5) is 10.1.